The van der Waals surface area contributed by atoms with Gasteiger partial charge in [0.25, 0.3) is 5.69 Å². The van der Waals surface area contributed by atoms with Crippen LogP contribution in [-0.2, 0) is 4.79 Å². The van der Waals surface area contributed by atoms with Gasteiger partial charge in [-0.25, -0.2) is 9.97 Å². The summed E-state index contributed by atoms with van der Waals surface area (Å²) in [5.41, 5.74) is 2.87. The molecule has 1 amide bonds. The number of nitrogens with zero attached hydrogens (tertiary/aromatic N) is 3. The quantitative estimate of drug-likeness (QED) is 0.356. The summed E-state index contributed by atoms with van der Waals surface area (Å²) < 4.78 is 5.15. The first-order chi connectivity index (χ1) is 12.2. The predicted octanol–water partition coefficient (Wildman–Crippen LogP) is 3.44. The van der Waals surface area contributed by atoms with E-state index < -0.39 is 10.2 Å². The van der Waals surface area contributed by atoms with Gasteiger partial charge >= 0.3 is 0 Å². The highest BCUT2D eigenvalue weighted by molar-refractivity contribution is 8.00. The first-order valence-corrected chi connectivity index (χ1v) is 8.72. The van der Waals surface area contributed by atoms with Crippen LogP contribution in [-0.4, -0.2) is 33.2 Å². The van der Waals surface area contributed by atoms with Crippen LogP contribution in [0.15, 0.2) is 23.4 Å². The average Bonchev–Trinajstić information content (AvgIpc) is 2.59. The predicted molar refractivity (Wildman–Crippen MR) is 99.8 cm³/mol. The Morgan fingerprint density at radius 3 is 2.42 bits per heavy atom. The number of non-ortho nitro benzene ring substituents is 1. The van der Waals surface area contributed by atoms with E-state index in [1.165, 1.54) is 37.1 Å². The zero-order valence-electron chi connectivity index (χ0n) is 15.2. The van der Waals surface area contributed by atoms with Gasteiger partial charge in [0.2, 0.25) is 5.91 Å². The van der Waals surface area contributed by atoms with E-state index in [-0.39, 0.29) is 17.3 Å². The first kappa shape index (κ1) is 19.6. The maximum atomic E-state index is 12.5. The number of nitrogens with one attached hydrogen (secondary N) is 1. The SMILES string of the molecule is COc1ccc([N+](=O)[O-])cc1NC(=O)[C@H](C)Sc1nc(C)c(C)c(C)n1. The summed E-state index contributed by atoms with van der Waals surface area (Å²) in [6.45, 7) is 7.46. The van der Waals surface area contributed by atoms with Gasteiger partial charge in [-0.15, -0.1) is 0 Å². The molecule has 0 saturated carbocycles. The van der Waals surface area contributed by atoms with Crippen LogP contribution in [0.3, 0.4) is 0 Å². The number of nitro groups is 1. The minimum Gasteiger partial charge on any atom is -0.495 e. The molecule has 0 fully saturated rings. The number of thioether (sulfide) groups is 1. The van der Waals surface area contributed by atoms with Crippen molar-refractivity contribution >= 4 is 29.0 Å². The van der Waals surface area contributed by atoms with Crippen LogP contribution in [0.25, 0.3) is 0 Å². The maximum Gasteiger partial charge on any atom is 0.271 e. The number of anilines is 1. The average molecular weight is 376 g/mol. The van der Waals surface area contributed by atoms with Crippen molar-refractivity contribution in [1.29, 1.82) is 0 Å². The second-order valence-electron chi connectivity index (χ2n) is 5.69. The second-order valence-corrected chi connectivity index (χ2v) is 7.00. The number of carbonyl (C=O) groups is 1. The van der Waals surface area contributed by atoms with Gasteiger partial charge in [0.1, 0.15) is 5.75 Å². The van der Waals surface area contributed by atoms with Crippen LogP contribution >= 0.6 is 11.8 Å². The van der Waals surface area contributed by atoms with E-state index in [4.69, 9.17) is 4.74 Å². The van der Waals surface area contributed by atoms with E-state index in [0.29, 0.717) is 10.9 Å². The van der Waals surface area contributed by atoms with E-state index in [2.05, 4.69) is 15.3 Å². The number of benzene rings is 1. The Morgan fingerprint density at radius 1 is 1.27 bits per heavy atom. The van der Waals surface area contributed by atoms with Crippen LogP contribution in [0.5, 0.6) is 5.75 Å². The molecule has 8 nitrogen and oxygen atoms in total. The van der Waals surface area contributed by atoms with Gasteiger partial charge in [0.15, 0.2) is 5.16 Å². The maximum absolute atomic E-state index is 12.5. The molecule has 0 bridgehead atoms. The summed E-state index contributed by atoms with van der Waals surface area (Å²) in [5, 5.41) is 13.6. The van der Waals surface area contributed by atoms with E-state index in [1.807, 2.05) is 20.8 Å². The minimum absolute atomic E-state index is 0.130. The molecule has 1 aromatic heterocycles. The molecular weight excluding hydrogens is 356 g/mol. The second kappa shape index (κ2) is 8.13. The number of aromatic nitrogens is 2. The van der Waals surface area contributed by atoms with Crippen LogP contribution in [0.4, 0.5) is 11.4 Å². The van der Waals surface area contributed by atoms with Gasteiger partial charge in [-0.05, 0) is 39.3 Å². The summed E-state index contributed by atoms with van der Waals surface area (Å²) in [6.07, 6.45) is 0. The zero-order valence-corrected chi connectivity index (χ0v) is 16.0. The number of carbonyl (C=O) groups excluding carboxylic acids is 1. The largest absolute Gasteiger partial charge is 0.495 e. The Balaban J connectivity index is 2.17. The Kier molecular flexibility index (Phi) is 6.14. The molecule has 2 aromatic rings. The van der Waals surface area contributed by atoms with Crippen LogP contribution in [0, 0.1) is 30.9 Å². The molecule has 1 N–H and O–H groups in total. The number of methoxy groups -OCH3 is 1. The number of rotatable bonds is 6. The van der Waals surface area contributed by atoms with E-state index in [1.54, 1.807) is 6.92 Å². The number of nitro benzene ring substituents is 1. The summed E-state index contributed by atoms with van der Waals surface area (Å²) in [4.78, 5) is 31.7. The normalized spacial score (nSPS) is 11.7. The standard InChI is InChI=1S/C17H20N4O4S/c1-9-10(2)18-17(19-11(9)3)26-12(4)16(22)20-14-8-13(21(23)24)6-7-15(14)25-5/h6-8,12H,1-5H3,(H,20,22)/t12-/m0/s1. The van der Waals surface area contributed by atoms with Crippen molar-refractivity contribution in [2.45, 2.75) is 38.1 Å². The van der Waals surface area contributed by atoms with Crippen molar-refractivity contribution in [3.05, 3.63) is 45.3 Å². The zero-order chi connectivity index (χ0) is 19.4. The Morgan fingerprint density at radius 2 is 1.88 bits per heavy atom. The van der Waals surface area contributed by atoms with Gasteiger partial charge in [0.05, 0.1) is 23.0 Å². The smallest absolute Gasteiger partial charge is 0.271 e. The molecule has 0 aliphatic carbocycles. The third-order valence-electron chi connectivity index (χ3n) is 3.92. The highest BCUT2D eigenvalue weighted by Gasteiger charge is 2.20. The Hall–Kier alpha value is -2.68. The number of hydrogen-bond acceptors (Lipinski definition) is 7. The van der Waals surface area contributed by atoms with Crippen LogP contribution < -0.4 is 10.1 Å². The number of aryl methyl sites for hydroxylation is 2. The van der Waals surface area contributed by atoms with Crippen molar-refractivity contribution in [3.63, 3.8) is 0 Å². The molecule has 0 spiro atoms. The molecule has 0 unspecified atom stereocenters. The van der Waals surface area contributed by atoms with Crippen molar-refractivity contribution in [1.82, 2.24) is 9.97 Å². The fourth-order valence-corrected chi connectivity index (χ4v) is 3.01. The first-order valence-electron chi connectivity index (χ1n) is 7.84. The topological polar surface area (TPSA) is 107 Å². The monoisotopic (exact) mass is 376 g/mol. The molecule has 138 valence electrons. The number of ether oxygens (including phenoxy) is 1. The summed E-state index contributed by atoms with van der Waals surface area (Å²) in [5.74, 6) is 0.0210. The molecule has 1 atom stereocenters. The molecule has 0 aliphatic rings. The molecule has 26 heavy (non-hydrogen) atoms. The third-order valence-corrected chi connectivity index (χ3v) is 4.88. The molecule has 0 aliphatic heterocycles. The van der Waals surface area contributed by atoms with Gasteiger partial charge < -0.3 is 10.1 Å². The van der Waals surface area contributed by atoms with E-state index in [0.717, 1.165) is 17.0 Å². The fourth-order valence-electron chi connectivity index (χ4n) is 2.15. The van der Waals surface area contributed by atoms with Gasteiger partial charge in [-0.1, -0.05) is 11.8 Å². The van der Waals surface area contributed by atoms with Gasteiger partial charge in [-0.3, -0.25) is 14.9 Å². The van der Waals surface area contributed by atoms with Crippen molar-refractivity contribution in [3.8, 4) is 5.75 Å². The summed E-state index contributed by atoms with van der Waals surface area (Å²) in [7, 11) is 1.43. The van der Waals surface area contributed by atoms with E-state index >= 15 is 0 Å². The van der Waals surface area contributed by atoms with Crippen molar-refractivity contribution in [2.75, 3.05) is 12.4 Å². The number of hydrogen-bond donors (Lipinski definition) is 1. The molecule has 0 saturated heterocycles. The molecule has 9 heteroatoms. The minimum atomic E-state index is -0.529. The Bertz CT molecular complexity index is 834. The van der Waals surface area contributed by atoms with Gasteiger partial charge in [0, 0.05) is 23.5 Å². The molecule has 0 radical (unpaired) electrons. The lowest BCUT2D eigenvalue weighted by molar-refractivity contribution is -0.384. The molecule has 1 heterocycles. The highest BCUT2D eigenvalue weighted by Crippen LogP contribution is 2.30. The lowest BCUT2D eigenvalue weighted by Gasteiger charge is -2.14. The lowest BCUT2D eigenvalue weighted by Crippen LogP contribution is -2.23. The molecule has 1 aromatic carbocycles. The summed E-state index contributed by atoms with van der Waals surface area (Å²) >= 11 is 1.22. The lowest BCUT2D eigenvalue weighted by atomic mass is 10.2. The van der Waals surface area contributed by atoms with Crippen molar-refractivity contribution in [2.24, 2.45) is 0 Å². The third kappa shape index (κ3) is 4.48. The molecular formula is C17H20N4O4S. The molecule has 2 rings (SSSR count). The Labute approximate surface area is 155 Å². The van der Waals surface area contributed by atoms with Crippen LogP contribution in [0.1, 0.15) is 23.9 Å². The fraction of sp³-hybridized carbons (Fsp3) is 0.353. The number of amides is 1. The summed E-state index contributed by atoms with van der Waals surface area (Å²) in [6, 6.07) is 4.03. The highest BCUT2D eigenvalue weighted by atomic mass is 32.2. The van der Waals surface area contributed by atoms with Crippen LogP contribution in [0.2, 0.25) is 0 Å². The van der Waals surface area contributed by atoms with E-state index in [9.17, 15) is 14.9 Å². The van der Waals surface area contributed by atoms with Crippen molar-refractivity contribution < 1.29 is 14.5 Å². The van der Waals surface area contributed by atoms with Gasteiger partial charge in [-0.2, -0.15) is 0 Å².